The van der Waals surface area contributed by atoms with Crippen LogP contribution < -0.4 is 0 Å². The molecule has 0 bridgehead atoms. The van der Waals surface area contributed by atoms with Crippen LogP contribution in [0.3, 0.4) is 0 Å². The number of hydrogen-bond donors (Lipinski definition) is 2. The lowest BCUT2D eigenvalue weighted by atomic mass is 9.81. The maximum atomic E-state index is 12.4. The highest BCUT2D eigenvalue weighted by Crippen LogP contribution is 2.46. The fraction of sp³-hybridized carbons (Fsp3) is 0.261. The minimum absolute atomic E-state index is 0.0542. The van der Waals surface area contributed by atoms with Crippen molar-refractivity contribution < 1.29 is 29.3 Å². The summed E-state index contributed by atoms with van der Waals surface area (Å²) < 4.78 is 5.76. The number of cyclic esters (lactones) is 1. The van der Waals surface area contributed by atoms with Gasteiger partial charge in [-0.25, -0.2) is 9.59 Å². The van der Waals surface area contributed by atoms with Gasteiger partial charge in [-0.05, 0) is 25.2 Å². The van der Waals surface area contributed by atoms with Gasteiger partial charge in [0, 0.05) is 24.6 Å². The van der Waals surface area contributed by atoms with E-state index in [1.807, 2.05) is 62.6 Å². The van der Waals surface area contributed by atoms with Gasteiger partial charge < -0.3 is 19.8 Å². The van der Waals surface area contributed by atoms with Gasteiger partial charge in [0.25, 0.3) is 0 Å². The number of esters is 1. The molecule has 0 saturated carbocycles. The van der Waals surface area contributed by atoms with E-state index in [4.69, 9.17) is 14.9 Å². The Kier molecular flexibility index (Phi) is 8.31. The Morgan fingerprint density at radius 2 is 1.37 bits per heavy atom. The average molecular weight is 411 g/mol. The molecule has 0 amide bonds. The van der Waals surface area contributed by atoms with Gasteiger partial charge in [0.15, 0.2) is 0 Å². The van der Waals surface area contributed by atoms with E-state index in [9.17, 15) is 14.4 Å². The molecule has 0 radical (unpaired) electrons. The van der Waals surface area contributed by atoms with Gasteiger partial charge in [-0.3, -0.25) is 4.79 Å². The summed E-state index contributed by atoms with van der Waals surface area (Å²) in [4.78, 5) is 33.6. The van der Waals surface area contributed by atoms with Crippen LogP contribution >= 0.6 is 0 Å². The van der Waals surface area contributed by atoms with E-state index in [0.717, 1.165) is 11.1 Å². The molecule has 7 nitrogen and oxygen atoms in total. The van der Waals surface area contributed by atoms with E-state index in [-0.39, 0.29) is 23.9 Å². The van der Waals surface area contributed by atoms with Crippen molar-refractivity contribution in [2.24, 2.45) is 5.92 Å². The second-order valence-electron chi connectivity index (χ2n) is 7.08. The van der Waals surface area contributed by atoms with Crippen molar-refractivity contribution in [2.45, 2.75) is 12.0 Å². The number of carboxylic acid groups (broad SMARTS) is 2. The van der Waals surface area contributed by atoms with Crippen molar-refractivity contribution in [1.82, 2.24) is 4.90 Å². The maximum absolute atomic E-state index is 12.4. The third-order valence-electron chi connectivity index (χ3n) is 4.55. The summed E-state index contributed by atoms with van der Waals surface area (Å²) in [6.07, 6.45) is 0.908. The van der Waals surface area contributed by atoms with E-state index < -0.39 is 11.9 Å². The van der Waals surface area contributed by atoms with Gasteiger partial charge in [-0.2, -0.15) is 0 Å². The first-order valence-electron chi connectivity index (χ1n) is 9.38. The summed E-state index contributed by atoms with van der Waals surface area (Å²) in [7, 11) is 3.98. The first kappa shape index (κ1) is 22.8. The molecule has 3 rings (SSSR count). The molecule has 0 spiro atoms. The Hall–Kier alpha value is -3.45. The smallest absolute Gasteiger partial charge is 0.328 e. The zero-order valence-electron chi connectivity index (χ0n) is 16.8. The van der Waals surface area contributed by atoms with E-state index >= 15 is 0 Å². The van der Waals surface area contributed by atoms with Gasteiger partial charge >= 0.3 is 17.9 Å². The number of hydrogen-bond acceptors (Lipinski definition) is 5. The molecule has 1 heterocycles. The number of nitrogens with zero attached hydrogens (tertiary/aromatic N) is 1. The highest BCUT2D eigenvalue weighted by atomic mass is 16.6. The van der Waals surface area contributed by atoms with E-state index in [1.165, 1.54) is 0 Å². The van der Waals surface area contributed by atoms with Crippen molar-refractivity contribution in [3.63, 3.8) is 0 Å². The molecular weight excluding hydrogens is 386 g/mol. The Bertz CT molecular complexity index is 863. The second kappa shape index (κ2) is 10.9. The predicted molar refractivity (Wildman–Crippen MR) is 111 cm³/mol. The summed E-state index contributed by atoms with van der Waals surface area (Å²) in [6.45, 7) is 0.696. The number of aliphatic carboxylic acids is 2. The first-order chi connectivity index (χ1) is 14.3. The van der Waals surface area contributed by atoms with Gasteiger partial charge in [-0.15, -0.1) is 0 Å². The lowest BCUT2D eigenvalue weighted by molar-refractivity contribution is -0.144. The van der Waals surface area contributed by atoms with Crippen molar-refractivity contribution >= 4 is 17.9 Å². The molecule has 30 heavy (non-hydrogen) atoms. The van der Waals surface area contributed by atoms with Crippen molar-refractivity contribution in [2.75, 3.05) is 20.6 Å². The molecule has 7 heteroatoms. The molecule has 0 aliphatic carbocycles. The summed E-state index contributed by atoms with van der Waals surface area (Å²) in [6, 6.07) is 20.2. The molecule has 3 atom stereocenters. The lowest BCUT2D eigenvalue weighted by Crippen LogP contribution is -2.28. The highest BCUT2D eigenvalue weighted by molar-refractivity contribution is 5.89. The molecule has 158 valence electrons. The van der Waals surface area contributed by atoms with Crippen LogP contribution in [-0.4, -0.2) is 53.7 Å². The minimum atomic E-state index is -1.26. The number of carbonyl (C=O) groups excluding carboxylic acids is 1. The van der Waals surface area contributed by atoms with Crippen molar-refractivity contribution in [1.29, 1.82) is 0 Å². The van der Waals surface area contributed by atoms with Crippen molar-refractivity contribution in [3.8, 4) is 0 Å². The highest BCUT2D eigenvalue weighted by Gasteiger charge is 2.46. The summed E-state index contributed by atoms with van der Waals surface area (Å²) in [5, 5.41) is 15.6. The van der Waals surface area contributed by atoms with Crippen LogP contribution in [0.2, 0.25) is 0 Å². The fourth-order valence-corrected chi connectivity index (χ4v) is 3.37. The number of rotatable bonds is 6. The summed E-state index contributed by atoms with van der Waals surface area (Å²) in [5.41, 5.74) is 2.22. The summed E-state index contributed by atoms with van der Waals surface area (Å²) >= 11 is 0. The first-order valence-corrected chi connectivity index (χ1v) is 9.38. The SMILES string of the molecule is CN(C)C[C@H]1C(=O)O[C@@H](c2ccccc2)[C@@H]1c1ccccc1.O=C(O)/C=C/C(=O)O. The molecule has 1 saturated heterocycles. The molecular formula is C23H25NO6. The van der Waals surface area contributed by atoms with Crippen LogP contribution in [0.1, 0.15) is 23.1 Å². The second-order valence-corrected chi connectivity index (χ2v) is 7.08. The Morgan fingerprint density at radius 1 is 0.900 bits per heavy atom. The van der Waals surface area contributed by atoms with Gasteiger partial charge in [-0.1, -0.05) is 60.7 Å². The minimum Gasteiger partial charge on any atom is -0.478 e. The quantitative estimate of drug-likeness (QED) is 0.556. The lowest BCUT2D eigenvalue weighted by Gasteiger charge is -2.23. The zero-order valence-corrected chi connectivity index (χ0v) is 16.8. The van der Waals surface area contributed by atoms with E-state index in [2.05, 4.69) is 17.0 Å². The molecule has 1 aliphatic heterocycles. The number of carboxylic acids is 2. The largest absolute Gasteiger partial charge is 0.478 e. The van der Waals surface area contributed by atoms with Crippen LogP contribution in [0.25, 0.3) is 0 Å². The molecule has 2 N–H and O–H groups in total. The van der Waals surface area contributed by atoms with Crippen LogP contribution in [0.15, 0.2) is 72.8 Å². The third kappa shape index (κ3) is 6.56. The molecule has 0 unspecified atom stereocenters. The number of benzene rings is 2. The normalized spacial score (nSPS) is 20.5. The molecule has 2 aromatic carbocycles. The topological polar surface area (TPSA) is 104 Å². The Labute approximate surface area is 175 Å². The molecule has 0 aromatic heterocycles. The van der Waals surface area contributed by atoms with Crippen LogP contribution in [-0.2, 0) is 19.1 Å². The van der Waals surface area contributed by atoms with Crippen LogP contribution in [0, 0.1) is 5.92 Å². The Morgan fingerprint density at radius 3 is 1.80 bits per heavy atom. The fourth-order valence-electron chi connectivity index (χ4n) is 3.37. The van der Waals surface area contributed by atoms with Gasteiger partial charge in [0.05, 0.1) is 5.92 Å². The van der Waals surface area contributed by atoms with E-state index in [1.54, 1.807) is 0 Å². The van der Waals surface area contributed by atoms with Crippen molar-refractivity contribution in [3.05, 3.63) is 83.9 Å². The summed E-state index contributed by atoms with van der Waals surface area (Å²) in [5.74, 6) is -2.70. The Balaban J connectivity index is 0.000000343. The third-order valence-corrected chi connectivity index (χ3v) is 4.55. The van der Waals surface area contributed by atoms with Gasteiger partial charge in [0.1, 0.15) is 6.10 Å². The van der Waals surface area contributed by atoms with Crippen LogP contribution in [0.5, 0.6) is 0 Å². The van der Waals surface area contributed by atoms with E-state index in [0.29, 0.717) is 18.7 Å². The van der Waals surface area contributed by atoms with Crippen LogP contribution in [0.4, 0.5) is 0 Å². The number of ether oxygens (including phenoxy) is 1. The van der Waals surface area contributed by atoms with Gasteiger partial charge in [0.2, 0.25) is 0 Å². The average Bonchev–Trinajstić information content (AvgIpc) is 3.04. The maximum Gasteiger partial charge on any atom is 0.328 e. The number of carbonyl (C=O) groups is 3. The standard InChI is InChI=1S/C19H21NO2.C4H4O4/c1-20(2)13-16-17(14-9-5-3-6-10-14)18(22-19(16)21)15-11-7-4-8-12-15;5-3(6)1-2-4(7)8/h3-12,16-18H,13H2,1-2H3;1-2H,(H,5,6)(H,7,8)/b;2-1+/t16-,17-,18+;/m1./s1. The zero-order chi connectivity index (χ0) is 22.1. The predicted octanol–water partition coefficient (Wildman–Crippen LogP) is 2.96. The molecule has 1 fully saturated rings. The molecule has 2 aromatic rings. The molecule has 1 aliphatic rings. The monoisotopic (exact) mass is 411 g/mol.